The van der Waals surface area contributed by atoms with Crippen molar-refractivity contribution in [2.24, 2.45) is 29.4 Å². The van der Waals surface area contributed by atoms with Gasteiger partial charge >= 0.3 is 0 Å². The minimum Gasteiger partial charge on any atom is -0.496 e. The molecule has 7 nitrogen and oxygen atoms in total. The Hall–Kier alpha value is -1.67. The highest BCUT2D eigenvalue weighted by atomic mass is 16.5. The molecule has 4 N–H and O–H groups in total. The van der Waals surface area contributed by atoms with Crippen LogP contribution in [0.2, 0.25) is 0 Å². The summed E-state index contributed by atoms with van der Waals surface area (Å²) < 4.78 is 16.4. The molecule has 1 amide bonds. The summed E-state index contributed by atoms with van der Waals surface area (Å²) in [6.45, 7) is 10.6. The Bertz CT molecular complexity index is 809. The topological polar surface area (TPSA) is 103 Å². The van der Waals surface area contributed by atoms with E-state index in [0.29, 0.717) is 31.2 Å². The van der Waals surface area contributed by atoms with Crippen LogP contribution in [0.5, 0.6) is 5.75 Å². The number of methoxy groups -OCH3 is 2. The van der Waals surface area contributed by atoms with E-state index in [1.54, 1.807) is 14.2 Å². The highest BCUT2D eigenvalue weighted by Gasteiger charge is 2.30. The zero-order valence-corrected chi connectivity index (χ0v) is 24.7. The van der Waals surface area contributed by atoms with Gasteiger partial charge in [0.2, 0.25) is 5.91 Å². The van der Waals surface area contributed by atoms with E-state index in [1.165, 1.54) is 11.1 Å². The second-order valence-corrected chi connectivity index (χ2v) is 11.7. The van der Waals surface area contributed by atoms with E-state index < -0.39 is 6.10 Å². The van der Waals surface area contributed by atoms with Crippen LogP contribution >= 0.6 is 0 Å². The summed E-state index contributed by atoms with van der Waals surface area (Å²) in [5.41, 5.74) is 9.06. The summed E-state index contributed by atoms with van der Waals surface area (Å²) in [4.78, 5) is 12.9. The predicted molar refractivity (Wildman–Crippen MR) is 153 cm³/mol. The van der Waals surface area contributed by atoms with Gasteiger partial charge in [-0.2, -0.15) is 0 Å². The fourth-order valence-corrected chi connectivity index (χ4v) is 5.38. The van der Waals surface area contributed by atoms with Crippen molar-refractivity contribution >= 4 is 5.91 Å². The molecule has 1 aromatic carbocycles. The van der Waals surface area contributed by atoms with Gasteiger partial charge in [0.1, 0.15) is 5.75 Å². The van der Waals surface area contributed by atoms with Crippen LogP contribution in [-0.4, -0.2) is 63.2 Å². The van der Waals surface area contributed by atoms with Crippen molar-refractivity contribution in [2.45, 2.75) is 97.3 Å². The third-order valence-electron chi connectivity index (χ3n) is 8.06. The molecule has 1 aliphatic rings. The lowest BCUT2D eigenvalue weighted by atomic mass is 9.80. The van der Waals surface area contributed by atoms with Crippen molar-refractivity contribution in [3.8, 4) is 5.75 Å². The fraction of sp³-hybridized carbons (Fsp3) is 0.774. The molecule has 0 saturated carbocycles. The van der Waals surface area contributed by atoms with Crippen LogP contribution in [0.4, 0.5) is 0 Å². The molecule has 1 heterocycles. The highest BCUT2D eigenvalue weighted by Crippen LogP contribution is 2.28. The monoisotopic (exact) mass is 534 g/mol. The van der Waals surface area contributed by atoms with Crippen molar-refractivity contribution in [1.82, 2.24) is 5.32 Å². The van der Waals surface area contributed by atoms with Crippen molar-refractivity contribution in [2.75, 3.05) is 34.0 Å². The third kappa shape index (κ3) is 10.8. The predicted octanol–water partition coefficient (Wildman–Crippen LogP) is 4.51. The summed E-state index contributed by atoms with van der Waals surface area (Å²) in [6, 6.07) is 6.08. The largest absolute Gasteiger partial charge is 0.496 e. The van der Waals surface area contributed by atoms with Crippen LogP contribution in [0.15, 0.2) is 18.2 Å². The second kappa shape index (κ2) is 17.1. The van der Waals surface area contributed by atoms with Crippen molar-refractivity contribution in [1.29, 1.82) is 0 Å². The van der Waals surface area contributed by atoms with Crippen molar-refractivity contribution < 1.29 is 24.1 Å². The molecule has 218 valence electrons. The molecule has 0 aromatic heterocycles. The SMILES string of the molecule is COCCCCc1cc(CC(CC(N)C(O)CC(C(=O)NC[C@@H]2CCCO2)C(C)C)C(C)C)ccc1OC. The van der Waals surface area contributed by atoms with Gasteiger partial charge in [-0.3, -0.25) is 4.79 Å². The van der Waals surface area contributed by atoms with Crippen LogP contribution in [0.1, 0.15) is 77.3 Å². The summed E-state index contributed by atoms with van der Waals surface area (Å²) >= 11 is 0. The van der Waals surface area contributed by atoms with Gasteiger partial charge in [0.05, 0.1) is 19.3 Å². The maximum absolute atomic E-state index is 12.9. The lowest BCUT2D eigenvalue weighted by Crippen LogP contribution is -2.43. The molecule has 0 bridgehead atoms. The molecular weight excluding hydrogens is 480 g/mol. The lowest BCUT2D eigenvalue weighted by Gasteiger charge is -2.30. The number of aliphatic hydroxyl groups is 1. The number of benzene rings is 1. The fourth-order valence-electron chi connectivity index (χ4n) is 5.38. The number of rotatable bonds is 18. The van der Waals surface area contributed by atoms with Gasteiger partial charge in [0, 0.05) is 38.8 Å². The number of aryl methyl sites for hydroxylation is 1. The smallest absolute Gasteiger partial charge is 0.223 e. The average Bonchev–Trinajstić information content (AvgIpc) is 3.41. The number of carbonyl (C=O) groups is 1. The molecule has 1 fully saturated rings. The van der Waals surface area contributed by atoms with E-state index in [2.05, 4.69) is 37.4 Å². The Morgan fingerprint density at radius 3 is 2.53 bits per heavy atom. The number of unbranched alkanes of at least 4 members (excludes halogenated alkanes) is 1. The summed E-state index contributed by atoms with van der Waals surface area (Å²) in [6.07, 6.45) is 6.40. The molecule has 1 aliphatic heterocycles. The van der Waals surface area contributed by atoms with Crippen LogP contribution in [-0.2, 0) is 27.1 Å². The first kappa shape index (κ1) is 32.5. The number of hydrogen-bond donors (Lipinski definition) is 3. The molecule has 0 aliphatic carbocycles. The zero-order valence-electron chi connectivity index (χ0n) is 24.7. The average molecular weight is 535 g/mol. The van der Waals surface area contributed by atoms with Crippen LogP contribution in [0.25, 0.3) is 0 Å². The Kier molecular flexibility index (Phi) is 14.7. The third-order valence-corrected chi connectivity index (χ3v) is 8.06. The minimum absolute atomic E-state index is 0.0154. The molecule has 0 spiro atoms. The molecule has 38 heavy (non-hydrogen) atoms. The first-order valence-corrected chi connectivity index (χ1v) is 14.6. The first-order valence-electron chi connectivity index (χ1n) is 14.6. The number of nitrogens with one attached hydrogen (secondary N) is 1. The Morgan fingerprint density at radius 1 is 1.16 bits per heavy atom. The molecule has 0 radical (unpaired) electrons. The summed E-state index contributed by atoms with van der Waals surface area (Å²) in [5, 5.41) is 14.1. The first-order chi connectivity index (χ1) is 18.2. The Labute approximate surface area is 231 Å². The number of ether oxygens (including phenoxy) is 3. The number of nitrogens with two attached hydrogens (primary N) is 1. The Balaban J connectivity index is 1.97. The number of amides is 1. The minimum atomic E-state index is -0.732. The maximum Gasteiger partial charge on any atom is 0.223 e. The molecular formula is C31H54N2O5. The molecule has 1 aromatic rings. The summed E-state index contributed by atoms with van der Waals surface area (Å²) in [5.74, 6) is 1.48. The van der Waals surface area contributed by atoms with Crippen molar-refractivity contribution in [3.05, 3.63) is 29.3 Å². The quantitative estimate of drug-likeness (QED) is 0.239. The summed E-state index contributed by atoms with van der Waals surface area (Å²) in [7, 11) is 3.46. The van der Waals surface area contributed by atoms with Gasteiger partial charge in [0.15, 0.2) is 0 Å². The number of aliphatic hydroxyl groups excluding tert-OH is 1. The Morgan fingerprint density at radius 2 is 1.92 bits per heavy atom. The van der Waals surface area contributed by atoms with E-state index in [-0.39, 0.29) is 29.9 Å². The van der Waals surface area contributed by atoms with Gasteiger partial charge in [-0.25, -0.2) is 0 Å². The molecule has 7 heteroatoms. The van der Waals surface area contributed by atoms with E-state index in [4.69, 9.17) is 19.9 Å². The van der Waals surface area contributed by atoms with Crippen LogP contribution in [0.3, 0.4) is 0 Å². The van der Waals surface area contributed by atoms with Crippen LogP contribution < -0.4 is 15.8 Å². The standard InChI is InChI=1S/C31H54N2O5/c1-21(2)25(17-23-12-13-30(37-6)24(16-23)10-7-8-14-36-5)18-28(32)29(34)19-27(22(3)4)31(35)33-20-26-11-9-15-38-26/h12-13,16,21-22,25-29,34H,7-11,14-15,17-20,32H2,1-6H3,(H,33,35)/t25?,26-,27?,28?,29?/m0/s1. The zero-order chi connectivity index (χ0) is 28.1. The van der Waals surface area contributed by atoms with Gasteiger partial charge in [-0.05, 0) is 86.3 Å². The number of hydrogen-bond acceptors (Lipinski definition) is 6. The van der Waals surface area contributed by atoms with E-state index >= 15 is 0 Å². The van der Waals surface area contributed by atoms with E-state index in [9.17, 15) is 9.90 Å². The molecule has 5 atom stereocenters. The normalized spacial score (nSPS) is 18.9. The van der Waals surface area contributed by atoms with Crippen LogP contribution in [0, 0.1) is 23.7 Å². The highest BCUT2D eigenvalue weighted by molar-refractivity contribution is 5.78. The molecule has 4 unspecified atom stereocenters. The molecule has 1 saturated heterocycles. The van der Waals surface area contributed by atoms with E-state index in [0.717, 1.165) is 57.5 Å². The van der Waals surface area contributed by atoms with Gasteiger partial charge in [-0.15, -0.1) is 0 Å². The van der Waals surface area contributed by atoms with Gasteiger partial charge in [-0.1, -0.05) is 39.8 Å². The van der Waals surface area contributed by atoms with Gasteiger partial charge < -0.3 is 30.4 Å². The van der Waals surface area contributed by atoms with E-state index in [1.807, 2.05) is 13.8 Å². The number of carbonyl (C=O) groups excluding carboxylic acids is 1. The lowest BCUT2D eigenvalue weighted by molar-refractivity contribution is -0.128. The van der Waals surface area contributed by atoms with Gasteiger partial charge in [0.25, 0.3) is 0 Å². The van der Waals surface area contributed by atoms with Crippen molar-refractivity contribution in [3.63, 3.8) is 0 Å². The second-order valence-electron chi connectivity index (χ2n) is 11.7. The molecule has 2 rings (SSSR count). The maximum atomic E-state index is 12.9.